The molecule has 0 radical (unpaired) electrons. The van der Waals surface area contributed by atoms with Gasteiger partial charge in [-0.05, 0) is 34.0 Å². The summed E-state index contributed by atoms with van der Waals surface area (Å²) in [5, 5.41) is 4.31. The van der Waals surface area contributed by atoms with E-state index in [1.807, 2.05) is 0 Å². The summed E-state index contributed by atoms with van der Waals surface area (Å²) in [4.78, 5) is 2.58. The predicted octanol–water partition coefficient (Wildman–Crippen LogP) is 2.39. The van der Waals surface area contributed by atoms with Crippen molar-refractivity contribution in [3.63, 3.8) is 0 Å². The van der Waals surface area contributed by atoms with E-state index in [1.165, 1.54) is 37.8 Å². The third-order valence-corrected chi connectivity index (χ3v) is 6.79. The van der Waals surface area contributed by atoms with Crippen molar-refractivity contribution in [2.75, 3.05) is 0 Å². The van der Waals surface area contributed by atoms with Crippen LogP contribution >= 0.6 is 22.7 Å². The highest BCUT2D eigenvalue weighted by molar-refractivity contribution is 7.13. The number of benzene rings is 2. The van der Waals surface area contributed by atoms with Crippen LogP contribution in [-0.2, 0) is 6.54 Å². The third-order valence-electron chi connectivity index (χ3n) is 5.00. The SMILES string of the molecule is [O-][Cl+3]([O-])([O-])[O-].c1ccc(C[n+]2c(-c3cccs3)cc(-c3ccccc3)cc2-c2cccs2)cc1. The predicted molar refractivity (Wildman–Crippen MR) is 124 cm³/mol. The number of aromatic nitrogens is 1. The van der Waals surface area contributed by atoms with Gasteiger partial charge in [0.1, 0.15) is 0 Å². The minimum Gasteiger partial charge on any atom is -0.222 e. The van der Waals surface area contributed by atoms with Gasteiger partial charge in [0.25, 0.3) is 0 Å². The smallest absolute Gasteiger partial charge is 0.222 e. The maximum Gasteiger partial charge on any atom is 0.224 e. The van der Waals surface area contributed by atoms with Crippen molar-refractivity contribution >= 4 is 22.7 Å². The molecule has 0 unspecified atom stereocenters. The molecule has 0 N–H and O–H groups in total. The Morgan fingerprint density at radius 1 is 0.588 bits per heavy atom. The lowest BCUT2D eigenvalue weighted by Gasteiger charge is -2.17. The van der Waals surface area contributed by atoms with Crippen LogP contribution in [0.5, 0.6) is 0 Å². The monoisotopic (exact) mass is 509 g/mol. The molecule has 0 aliphatic carbocycles. The molecule has 8 heteroatoms. The van der Waals surface area contributed by atoms with Crippen molar-refractivity contribution in [3.8, 4) is 32.3 Å². The van der Waals surface area contributed by atoms with Crippen LogP contribution < -0.4 is 23.2 Å². The van der Waals surface area contributed by atoms with Crippen molar-refractivity contribution in [1.82, 2.24) is 0 Å². The number of nitrogens with zero attached hydrogens (tertiary/aromatic N) is 1. The third kappa shape index (κ3) is 6.59. The first-order valence-electron chi connectivity index (χ1n) is 10.3. The molecule has 0 aliphatic heterocycles. The molecule has 0 bridgehead atoms. The molecule has 0 atom stereocenters. The molecular weight excluding hydrogens is 490 g/mol. The van der Waals surface area contributed by atoms with E-state index < -0.39 is 10.2 Å². The topological polar surface area (TPSA) is 96.1 Å². The summed E-state index contributed by atoms with van der Waals surface area (Å²) in [6, 6.07) is 34.7. The van der Waals surface area contributed by atoms with Gasteiger partial charge in [0, 0.05) is 17.7 Å². The Hall–Kier alpha value is -2.88. The zero-order chi connectivity index (χ0) is 24.0. The van der Waals surface area contributed by atoms with Crippen LogP contribution in [0.4, 0.5) is 0 Å². The molecule has 0 saturated carbocycles. The number of rotatable bonds is 5. The molecule has 0 spiro atoms. The van der Waals surface area contributed by atoms with Gasteiger partial charge in [0.15, 0.2) is 6.54 Å². The average Bonchev–Trinajstić information content (AvgIpc) is 3.54. The summed E-state index contributed by atoms with van der Waals surface area (Å²) >= 11 is 3.59. The summed E-state index contributed by atoms with van der Waals surface area (Å²) in [7, 11) is -4.94. The minimum atomic E-state index is -4.94. The van der Waals surface area contributed by atoms with Crippen LogP contribution in [0.25, 0.3) is 32.3 Å². The van der Waals surface area contributed by atoms with E-state index in [9.17, 15) is 0 Å². The Kier molecular flexibility index (Phi) is 7.87. The Labute approximate surface area is 207 Å². The van der Waals surface area contributed by atoms with E-state index in [4.69, 9.17) is 18.6 Å². The summed E-state index contributed by atoms with van der Waals surface area (Å²) in [6.07, 6.45) is 0. The standard InChI is InChI=1S/C26H20NS2.ClHO4/c1-3-9-20(10-4-1)19-27-23(25-13-7-15-28-25)17-22(21-11-5-2-6-12-21)18-24(27)26-14-8-16-29-26;2-1(3,4)5/h1-18H,19H2;(H,2,3,4,5)/q+1;/p-1. The number of thiophene rings is 2. The lowest BCUT2D eigenvalue weighted by Crippen LogP contribution is -2.68. The molecule has 2 aromatic carbocycles. The van der Waals surface area contributed by atoms with Gasteiger partial charge in [0.2, 0.25) is 11.4 Å². The van der Waals surface area contributed by atoms with Crippen LogP contribution in [-0.4, -0.2) is 0 Å². The maximum atomic E-state index is 8.49. The molecule has 5 aromatic rings. The number of pyridine rings is 1. The van der Waals surface area contributed by atoms with Crippen LogP contribution in [0.2, 0.25) is 0 Å². The second kappa shape index (κ2) is 11.0. The van der Waals surface area contributed by atoms with Gasteiger partial charge in [0.05, 0.1) is 9.75 Å². The van der Waals surface area contributed by atoms with Crippen LogP contribution in [0.15, 0.2) is 108 Å². The highest BCUT2D eigenvalue weighted by Crippen LogP contribution is 2.32. The van der Waals surface area contributed by atoms with Gasteiger partial charge in [-0.2, -0.15) is 4.57 Å². The van der Waals surface area contributed by atoms with E-state index in [2.05, 4.69) is 112 Å². The first kappa shape index (κ1) is 24.3. The number of halogens is 1. The van der Waals surface area contributed by atoms with Gasteiger partial charge in [-0.15, -0.1) is 32.9 Å². The largest absolute Gasteiger partial charge is 0.224 e. The molecule has 0 aliphatic rings. The second-order valence-corrected chi connectivity index (χ2v) is 9.94. The zero-order valence-electron chi connectivity index (χ0n) is 17.9. The lowest BCUT2D eigenvalue weighted by atomic mass is 10.0. The van der Waals surface area contributed by atoms with E-state index >= 15 is 0 Å². The molecule has 0 saturated heterocycles. The van der Waals surface area contributed by atoms with Crippen LogP contribution in [0, 0.1) is 10.2 Å². The van der Waals surface area contributed by atoms with Crippen molar-refractivity contribution in [2.24, 2.45) is 0 Å². The quantitative estimate of drug-likeness (QED) is 0.340. The average molecular weight is 510 g/mol. The van der Waals surface area contributed by atoms with E-state index in [0.717, 1.165) is 6.54 Å². The fourth-order valence-electron chi connectivity index (χ4n) is 3.61. The summed E-state index contributed by atoms with van der Waals surface area (Å²) < 4.78 is 36.4. The first-order valence-corrected chi connectivity index (χ1v) is 13.2. The van der Waals surface area contributed by atoms with Gasteiger partial charge in [-0.3, -0.25) is 0 Å². The maximum absolute atomic E-state index is 8.49. The molecule has 3 aromatic heterocycles. The van der Waals surface area contributed by atoms with Gasteiger partial charge in [-0.25, -0.2) is 18.6 Å². The Morgan fingerprint density at radius 2 is 1.06 bits per heavy atom. The lowest BCUT2D eigenvalue weighted by molar-refractivity contribution is -2.00. The Bertz CT molecular complexity index is 1240. The van der Waals surface area contributed by atoms with Crippen molar-refractivity contribution in [2.45, 2.75) is 6.54 Å². The van der Waals surface area contributed by atoms with E-state index in [1.54, 1.807) is 22.7 Å². The highest BCUT2D eigenvalue weighted by Gasteiger charge is 2.24. The Balaban J connectivity index is 0.000000499. The molecule has 172 valence electrons. The van der Waals surface area contributed by atoms with Gasteiger partial charge in [-0.1, -0.05) is 72.8 Å². The van der Waals surface area contributed by atoms with Gasteiger partial charge < -0.3 is 0 Å². The van der Waals surface area contributed by atoms with Crippen LogP contribution in [0.1, 0.15) is 5.56 Å². The normalized spacial score (nSPS) is 11.1. The fourth-order valence-corrected chi connectivity index (χ4v) is 5.11. The molecule has 3 heterocycles. The molecule has 5 rings (SSSR count). The summed E-state index contributed by atoms with van der Waals surface area (Å²) in [5.41, 5.74) is 6.32. The Morgan fingerprint density at radius 3 is 1.50 bits per heavy atom. The van der Waals surface area contributed by atoms with Crippen molar-refractivity contribution in [3.05, 3.63) is 113 Å². The zero-order valence-corrected chi connectivity index (χ0v) is 20.3. The molecular formula is C26H20ClNO4S2. The minimum absolute atomic E-state index is 0.844. The van der Waals surface area contributed by atoms with Crippen molar-refractivity contribution in [1.29, 1.82) is 0 Å². The highest BCUT2D eigenvalue weighted by atomic mass is 35.7. The van der Waals surface area contributed by atoms with E-state index in [-0.39, 0.29) is 0 Å². The molecule has 5 nitrogen and oxygen atoms in total. The summed E-state index contributed by atoms with van der Waals surface area (Å²) in [5.74, 6) is 0. The second-order valence-electron chi connectivity index (χ2n) is 7.28. The van der Waals surface area contributed by atoms with Crippen molar-refractivity contribution < 1.29 is 33.4 Å². The molecule has 0 fully saturated rings. The molecule has 34 heavy (non-hydrogen) atoms. The fraction of sp³-hybridized carbons (Fsp3) is 0.0385. The number of hydrogen-bond donors (Lipinski definition) is 0. The van der Waals surface area contributed by atoms with Gasteiger partial charge >= 0.3 is 0 Å². The summed E-state index contributed by atoms with van der Waals surface area (Å²) in [6.45, 7) is 0.844. The van der Waals surface area contributed by atoms with Crippen LogP contribution in [0.3, 0.4) is 0 Å². The number of hydrogen-bond acceptors (Lipinski definition) is 6. The first-order chi connectivity index (χ1) is 16.4. The molecule has 0 amide bonds. The van der Waals surface area contributed by atoms with E-state index in [0.29, 0.717) is 0 Å².